The number of nitrogens with zero attached hydrogens (tertiary/aromatic N) is 3. The Bertz CT molecular complexity index is 1380. The van der Waals surface area contributed by atoms with Crippen LogP contribution in [-0.2, 0) is 4.79 Å². The summed E-state index contributed by atoms with van der Waals surface area (Å²) in [5.74, 6) is -0.200. The second-order valence-corrected chi connectivity index (χ2v) is 7.94. The average molecular weight is 447 g/mol. The number of hydrogen-bond donors (Lipinski definition) is 1. The number of thioether (sulfide) groups is 1. The quantitative estimate of drug-likeness (QED) is 0.356. The van der Waals surface area contributed by atoms with E-state index in [0.717, 1.165) is 11.8 Å². The van der Waals surface area contributed by atoms with Crippen molar-refractivity contribution in [1.29, 1.82) is 5.26 Å². The van der Waals surface area contributed by atoms with Gasteiger partial charge in [-0.05, 0) is 54.6 Å². The Kier molecular flexibility index (Phi) is 6.03. The van der Waals surface area contributed by atoms with Crippen LogP contribution in [0, 0.1) is 11.3 Å². The third-order valence-electron chi connectivity index (χ3n) is 4.44. The zero-order chi connectivity index (χ0) is 21.8. The molecule has 1 heterocycles. The summed E-state index contributed by atoms with van der Waals surface area (Å²) in [6, 6.07) is 22.6. The lowest BCUT2D eigenvalue weighted by atomic mass is 10.2. The number of anilines is 1. The monoisotopic (exact) mass is 446 g/mol. The predicted octanol–water partition coefficient (Wildman–Crippen LogP) is 4.64. The number of rotatable bonds is 5. The van der Waals surface area contributed by atoms with E-state index in [1.165, 1.54) is 4.57 Å². The SMILES string of the molecule is N#Cc1ccc(-n2c(SCC(=O)Nc3cccc(Cl)c3)nc3ccccc3c2=O)cc1. The Hall–Kier alpha value is -3.60. The summed E-state index contributed by atoms with van der Waals surface area (Å²) in [7, 11) is 0. The van der Waals surface area contributed by atoms with E-state index in [1.54, 1.807) is 72.8 Å². The van der Waals surface area contributed by atoms with Gasteiger partial charge in [-0.3, -0.25) is 14.2 Å². The number of para-hydroxylation sites is 1. The van der Waals surface area contributed by atoms with Gasteiger partial charge in [-0.2, -0.15) is 5.26 Å². The van der Waals surface area contributed by atoms with Gasteiger partial charge in [0, 0.05) is 10.7 Å². The molecule has 1 aromatic heterocycles. The molecule has 4 rings (SSSR count). The summed E-state index contributed by atoms with van der Waals surface area (Å²) >= 11 is 7.11. The van der Waals surface area contributed by atoms with Gasteiger partial charge in [0.1, 0.15) is 0 Å². The van der Waals surface area contributed by atoms with Crippen LogP contribution < -0.4 is 10.9 Å². The van der Waals surface area contributed by atoms with Crippen LogP contribution in [-0.4, -0.2) is 21.2 Å². The Morgan fingerprint density at radius 2 is 1.87 bits per heavy atom. The molecule has 152 valence electrons. The van der Waals surface area contributed by atoms with E-state index in [9.17, 15) is 9.59 Å². The van der Waals surface area contributed by atoms with Crippen LogP contribution in [0.5, 0.6) is 0 Å². The van der Waals surface area contributed by atoms with E-state index >= 15 is 0 Å². The smallest absolute Gasteiger partial charge is 0.266 e. The van der Waals surface area contributed by atoms with Crippen LogP contribution in [0.25, 0.3) is 16.6 Å². The Labute approximate surface area is 187 Å². The van der Waals surface area contributed by atoms with Gasteiger partial charge in [0.05, 0.1) is 34.0 Å². The third-order valence-corrected chi connectivity index (χ3v) is 5.61. The van der Waals surface area contributed by atoms with Crippen molar-refractivity contribution < 1.29 is 4.79 Å². The number of carbonyl (C=O) groups is 1. The maximum atomic E-state index is 13.2. The first-order valence-electron chi connectivity index (χ1n) is 9.26. The highest BCUT2D eigenvalue weighted by molar-refractivity contribution is 7.99. The predicted molar refractivity (Wildman–Crippen MR) is 123 cm³/mol. The molecular weight excluding hydrogens is 432 g/mol. The van der Waals surface area contributed by atoms with Gasteiger partial charge in [0.2, 0.25) is 5.91 Å². The molecule has 8 heteroatoms. The maximum absolute atomic E-state index is 13.2. The lowest BCUT2D eigenvalue weighted by Gasteiger charge is -2.13. The van der Waals surface area contributed by atoms with E-state index in [0.29, 0.717) is 38.0 Å². The van der Waals surface area contributed by atoms with Crippen molar-refractivity contribution in [2.45, 2.75) is 5.16 Å². The number of carbonyl (C=O) groups excluding carboxylic acids is 1. The number of nitrogens with one attached hydrogen (secondary N) is 1. The summed E-state index contributed by atoms with van der Waals surface area (Å²) < 4.78 is 1.46. The van der Waals surface area contributed by atoms with Gasteiger partial charge in [0.25, 0.3) is 5.56 Å². The van der Waals surface area contributed by atoms with Crippen molar-refractivity contribution in [3.63, 3.8) is 0 Å². The van der Waals surface area contributed by atoms with Crippen molar-refractivity contribution in [1.82, 2.24) is 9.55 Å². The molecular formula is C23H15ClN4O2S. The van der Waals surface area contributed by atoms with Crippen LogP contribution >= 0.6 is 23.4 Å². The minimum Gasteiger partial charge on any atom is -0.325 e. The summed E-state index contributed by atoms with van der Waals surface area (Å²) in [5, 5.41) is 13.2. The van der Waals surface area contributed by atoms with Crippen molar-refractivity contribution in [2.75, 3.05) is 11.1 Å². The van der Waals surface area contributed by atoms with E-state index in [4.69, 9.17) is 16.9 Å². The lowest BCUT2D eigenvalue weighted by Crippen LogP contribution is -2.23. The molecule has 3 aromatic carbocycles. The van der Waals surface area contributed by atoms with Crippen molar-refractivity contribution in [3.8, 4) is 11.8 Å². The Balaban J connectivity index is 1.68. The fourth-order valence-corrected chi connectivity index (χ4v) is 4.02. The molecule has 6 nitrogen and oxygen atoms in total. The molecule has 0 aliphatic rings. The third kappa shape index (κ3) is 4.61. The number of fused-ring (bicyclic) bond motifs is 1. The standard InChI is InChI=1S/C23H15ClN4O2S/c24-16-4-3-5-17(12-16)26-21(29)14-31-23-27-20-7-2-1-6-19(20)22(30)28(23)18-10-8-15(13-25)9-11-18/h1-12H,14H2,(H,26,29). The largest absolute Gasteiger partial charge is 0.325 e. The first-order valence-corrected chi connectivity index (χ1v) is 10.6. The Morgan fingerprint density at radius 3 is 2.61 bits per heavy atom. The normalized spacial score (nSPS) is 10.6. The zero-order valence-corrected chi connectivity index (χ0v) is 17.7. The molecule has 1 N–H and O–H groups in total. The molecule has 0 bridgehead atoms. The van der Waals surface area contributed by atoms with Crippen LogP contribution in [0.4, 0.5) is 5.69 Å². The molecule has 0 fully saturated rings. The summed E-state index contributed by atoms with van der Waals surface area (Å²) in [6.45, 7) is 0. The number of amides is 1. The molecule has 0 unspecified atom stereocenters. The van der Waals surface area contributed by atoms with Gasteiger partial charge in [-0.1, -0.05) is 41.6 Å². The second kappa shape index (κ2) is 9.04. The molecule has 0 radical (unpaired) electrons. The Morgan fingerprint density at radius 1 is 1.10 bits per heavy atom. The minimum atomic E-state index is -0.249. The topological polar surface area (TPSA) is 87.8 Å². The second-order valence-electron chi connectivity index (χ2n) is 6.56. The summed E-state index contributed by atoms with van der Waals surface area (Å²) in [6.07, 6.45) is 0. The van der Waals surface area contributed by atoms with Crippen molar-refractivity contribution in [2.24, 2.45) is 0 Å². The van der Waals surface area contributed by atoms with Crippen LogP contribution in [0.2, 0.25) is 5.02 Å². The first-order chi connectivity index (χ1) is 15.0. The highest BCUT2D eigenvalue weighted by atomic mass is 35.5. The number of benzene rings is 3. The summed E-state index contributed by atoms with van der Waals surface area (Å²) in [5.41, 5.74) is 1.96. The van der Waals surface area contributed by atoms with Gasteiger partial charge < -0.3 is 5.32 Å². The molecule has 4 aromatic rings. The van der Waals surface area contributed by atoms with Gasteiger partial charge in [-0.25, -0.2) is 4.98 Å². The number of aromatic nitrogens is 2. The van der Waals surface area contributed by atoms with E-state index < -0.39 is 0 Å². The van der Waals surface area contributed by atoms with Gasteiger partial charge in [-0.15, -0.1) is 0 Å². The highest BCUT2D eigenvalue weighted by Crippen LogP contribution is 2.22. The minimum absolute atomic E-state index is 0.0492. The fraction of sp³-hybridized carbons (Fsp3) is 0.0435. The van der Waals surface area contributed by atoms with Crippen LogP contribution in [0.15, 0.2) is 82.7 Å². The van der Waals surface area contributed by atoms with E-state index in [1.807, 2.05) is 0 Å². The molecule has 0 atom stereocenters. The molecule has 0 saturated heterocycles. The van der Waals surface area contributed by atoms with Crippen molar-refractivity contribution >= 4 is 45.9 Å². The molecule has 0 aliphatic carbocycles. The maximum Gasteiger partial charge on any atom is 0.266 e. The van der Waals surface area contributed by atoms with Crippen LogP contribution in [0.1, 0.15) is 5.56 Å². The molecule has 31 heavy (non-hydrogen) atoms. The molecule has 0 aliphatic heterocycles. The lowest BCUT2D eigenvalue weighted by molar-refractivity contribution is -0.113. The zero-order valence-electron chi connectivity index (χ0n) is 16.1. The number of halogens is 1. The molecule has 0 saturated carbocycles. The molecule has 1 amide bonds. The van der Waals surface area contributed by atoms with Crippen molar-refractivity contribution in [3.05, 3.63) is 93.7 Å². The number of nitriles is 1. The highest BCUT2D eigenvalue weighted by Gasteiger charge is 2.15. The number of hydrogen-bond acceptors (Lipinski definition) is 5. The van der Waals surface area contributed by atoms with Crippen LogP contribution in [0.3, 0.4) is 0 Å². The molecule has 0 spiro atoms. The van der Waals surface area contributed by atoms with Gasteiger partial charge in [0.15, 0.2) is 5.16 Å². The van der Waals surface area contributed by atoms with E-state index in [-0.39, 0.29) is 17.2 Å². The average Bonchev–Trinajstić information content (AvgIpc) is 2.78. The summed E-state index contributed by atoms with van der Waals surface area (Å²) in [4.78, 5) is 30.3. The van der Waals surface area contributed by atoms with Gasteiger partial charge >= 0.3 is 0 Å². The fourth-order valence-electron chi connectivity index (χ4n) is 3.02. The first kappa shape index (κ1) is 20.7. The van der Waals surface area contributed by atoms with E-state index in [2.05, 4.69) is 16.4 Å².